The Labute approximate surface area is 221 Å². The lowest BCUT2D eigenvalue weighted by molar-refractivity contribution is -0.150. The Morgan fingerprint density at radius 1 is 1.11 bits per heavy atom. The summed E-state index contributed by atoms with van der Waals surface area (Å²) in [5, 5.41) is 12.5. The molecule has 2 saturated carbocycles. The summed E-state index contributed by atoms with van der Waals surface area (Å²) in [5.74, 6) is 3.40. The number of ether oxygens (including phenoxy) is 3. The van der Waals surface area contributed by atoms with Crippen LogP contribution in [0.1, 0.15) is 102 Å². The van der Waals surface area contributed by atoms with Gasteiger partial charge in [0.05, 0.1) is 18.1 Å². The molecule has 37 heavy (non-hydrogen) atoms. The summed E-state index contributed by atoms with van der Waals surface area (Å²) >= 11 is 0. The van der Waals surface area contributed by atoms with Crippen molar-refractivity contribution in [1.29, 1.82) is 0 Å². The van der Waals surface area contributed by atoms with Crippen LogP contribution in [-0.2, 0) is 21.4 Å². The van der Waals surface area contributed by atoms with Crippen LogP contribution in [0.25, 0.3) is 0 Å². The van der Waals surface area contributed by atoms with E-state index in [4.69, 9.17) is 14.2 Å². The van der Waals surface area contributed by atoms with Gasteiger partial charge in [-0.2, -0.15) is 0 Å². The van der Waals surface area contributed by atoms with Gasteiger partial charge in [0.2, 0.25) is 0 Å². The second-order valence-electron chi connectivity index (χ2n) is 12.5. The largest absolute Gasteiger partial charge is 0.493 e. The molecule has 6 rings (SSSR count). The number of carbonyl (C=O) groups excluding carboxylic acids is 1. The SMILES string of the molecule is CCCCCCCCCCCC(=O)OC1=CC[C@@]2(O)[C@@H]3C(C)CC4[C@@H]3Cc3ccc(OC)c5c3[C@]42[C@H]1O5. The molecule has 2 fully saturated rings. The highest BCUT2D eigenvalue weighted by atomic mass is 16.6. The monoisotopic (exact) mass is 508 g/mol. The van der Waals surface area contributed by atoms with Crippen molar-refractivity contribution in [3.63, 3.8) is 0 Å². The Kier molecular flexibility index (Phi) is 6.58. The Bertz CT molecular complexity index is 1080. The van der Waals surface area contributed by atoms with Gasteiger partial charge in [0.1, 0.15) is 5.76 Å². The first-order valence-corrected chi connectivity index (χ1v) is 15.0. The van der Waals surface area contributed by atoms with Crippen LogP contribution in [0.4, 0.5) is 0 Å². The molecule has 0 amide bonds. The summed E-state index contributed by atoms with van der Waals surface area (Å²) in [6, 6.07) is 4.16. The maximum atomic E-state index is 13.0. The highest BCUT2D eigenvalue weighted by Crippen LogP contribution is 2.77. The Morgan fingerprint density at radius 3 is 2.57 bits per heavy atom. The summed E-state index contributed by atoms with van der Waals surface area (Å²) in [6.07, 6.45) is 15.5. The van der Waals surface area contributed by atoms with Crippen LogP contribution in [0.15, 0.2) is 24.0 Å². The van der Waals surface area contributed by atoms with Crippen LogP contribution in [0, 0.1) is 23.7 Å². The topological polar surface area (TPSA) is 65.0 Å². The van der Waals surface area contributed by atoms with E-state index in [1.807, 2.05) is 12.1 Å². The molecule has 1 spiro atoms. The number of aliphatic hydroxyl groups is 1. The molecule has 4 aliphatic carbocycles. The molecule has 0 radical (unpaired) electrons. The van der Waals surface area contributed by atoms with E-state index in [0.29, 0.717) is 42.1 Å². The van der Waals surface area contributed by atoms with Gasteiger partial charge in [0, 0.05) is 12.0 Å². The van der Waals surface area contributed by atoms with Crippen LogP contribution in [-0.4, -0.2) is 29.9 Å². The summed E-state index contributed by atoms with van der Waals surface area (Å²) < 4.78 is 18.5. The van der Waals surface area contributed by atoms with Crippen molar-refractivity contribution in [3.05, 3.63) is 35.1 Å². The first-order valence-electron chi connectivity index (χ1n) is 15.0. The molecule has 1 aromatic carbocycles. The zero-order chi connectivity index (χ0) is 25.8. The van der Waals surface area contributed by atoms with Gasteiger partial charge < -0.3 is 19.3 Å². The van der Waals surface area contributed by atoms with E-state index in [0.717, 1.165) is 37.0 Å². The van der Waals surface area contributed by atoms with Gasteiger partial charge in [0.15, 0.2) is 17.6 Å². The lowest BCUT2D eigenvalue weighted by atomic mass is 9.51. The molecule has 7 atom stereocenters. The van der Waals surface area contributed by atoms with Crippen molar-refractivity contribution < 1.29 is 24.1 Å². The van der Waals surface area contributed by atoms with Crippen molar-refractivity contribution in [1.82, 2.24) is 0 Å². The van der Waals surface area contributed by atoms with Gasteiger partial charge in [-0.05, 0) is 67.1 Å². The maximum absolute atomic E-state index is 13.0. The van der Waals surface area contributed by atoms with Crippen molar-refractivity contribution in [3.8, 4) is 11.5 Å². The van der Waals surface area contributed by atoms with Crippen molar-refractivity contribution in [2.75, 3.05) is 7.11 Å². The number of unbranched alkanes of at least 4 members (excludes halogenated alkanes) is 8. The van der Waals surface area contributed by atoms with E-state index in [9.17, 15) is 9.90 Å². The number of methoxy groups -OCH3 is 1. The molecule has 5 heteroatoms. The lowest BCUT2D eigenvalue weighted by Gasteiger charge is -2.54. The smallest absolute Gasteiger partial charge is 0.310 e. The summed E-state index contributed by atoms with van der Waals surface area (Å²) in [4.78, 5) is 13.0. The van der Waals surface area contributed by atoms with Gasteiger partial charge in [-0.25, -0.2) is 0 Å². The lowest BCUT2D eigenvalue weighted by Crippen LogP contribution is -2.64. The number of hydrogen-bond donors (Lipinski definition) is 1. The molecule has 5 aliphatic rings. The highest BCUT2D eigenvalue weighted by Gasteiger charge is 2.81. The van der Waals surface area contributed by atoms with Crippen molar-refractivity contribution in [2.45, 2.75) is 114 Å². The third-order valence-electron chi connectivity index (χ3n) is 10.6. The van der Waals surface area contributed by atoms with E-state index in [2.05, 4.69) is 19.9 Å². The fourth-order valence-corrected chi connectivity index (χ4v) is 9.34. The third kappa shape index (κ3) is 3.55. The fraction of sp³-hybridized carbons (Fsp3) is 0.719. The molecule has 1 N–H and O–H groups in total. The Morgan fingerprint density at radius 2 is 1.84 bits per heavy atom. The van der Waals surface area contributed by atoms with Crippen molar-refractivity contribution in [2.24, 2.45) is 23.7 Å². The summed E-state index contributed by atoms with van der Waals surface area (Å²) in [6.45, 7) is 4.55. The predicted molar refractivity (Wildman–Crippen MR) is 143 cm³/mol. The molecule has 1 aliphatic heterocycles. The Balaban J connectivity index is 1.17. The number of fused-ring (bicyclic) bond motifs is 1. The molecule has 4 bridgehead atoms. The molecule has 5 nitrogen and oxygen atoms in total. The molecular weight excluding hydrogens is 464 g/mol. The van der Waals surface area contributed by atoms with E-state index >= 15 is 0 Å². The highest BCUT2D eigenvalue weighted by molar-refractivity contribution is 5.72. The van der Waals surface area contributed by atoms with Gasteiger partial charge >= 0.3 is 5.97 Å². The second kappa shape index (κ2) is 9.63. The number of rotatable bonds is 12. The number of carbonyl (C=O) groups is 1. The number of benzene rings is 1. The maximum Gasteiger partial charge on any atom is 0.310 e. The third-order valence-corrected chi connectivity index (χ3v) is 10.6. The minimum absolute atomic E-state index is 0.174. The molecule has 1 heterocycles. The molecule has 202 valence electrons. The van der Waals surface area contributed by atoms with Crippen LogP contribution in [0.2, 0.25) is 0 Å². The normalized spacial score (nSPS) is 35.7. The van der Waals surface area contributed by atoms with Crippen LogP contribution in [0.3, 0.4) is 0 Å². The van der Waals surface area contributed by atoms with E-state index in [1.165, 1.54) is 50.5 Å². The zero-order valence-electron chi connectivity index (χ0n) is 22.9. The van der Waals surface area contributed by atoms with Crippen LogP contribution < -0.4 is 9.47 Å². The summed E-state index contributed by atoms with van der Waals surface area (Å²) in [5.41, 5.74) is 0.988. The van der Waals surface area contributed by atoms with Crippen molar-refractivity contribution >= 4 is 5.97 Å². The first kappa shape index (κ1) is 25.3. The number of esters is 1. The van der Waals surface area contributed by atoms with Gasteiger partial charge in [-0.1, -0.05) is 71.3 Å². The van der Waals surface area contributed by atoms with Gasteiger partial charge in [-0.3, -0.25) is 4.79 Å². The standard InChI is InChI=1S/C32H44O5/c1-4-5-6-7-8-9-10-11-12-13-26(33)36-25-16-17-31(34)27-20(2)18-23-22(27)19-21-14-15-24(35-3)29-28(21)32(23,31)30(25)37-29/h14-16,20,22-23,27,30,34H,4-13,17-19H2,1-3H3/t20?,22-,23?,27+,30-,31+,32-/m0/s1. The quantitative estimate of drug-likeness (QED) is 0.253. The molecular formula is C32H44O5. The molecule has 1 aromatic rings. The van der Waals surface area contributed by atoms with Gasteiger partial charge in [-0.15, -0.1) is 0 Å². The second-order valence-corrected chi connectivity index (χ2v) is 12.5. The Hall–Kier alpha value is -2.01. The van der Waals surface area contributed by atoms with E-state index in [1.54, 1.807) is 7.11 Å². The van der Waals surface area contributed by atoms with Crippen LogP contribution >= 0.6 is 0 Å². The van der Waals surface area contributed by atoms with Gasteiger partial charge in [0.25, 0.3) is 0 Å². The molecule has 2 unspecified atom stereocenters. The zero-order valence-corrected chi connectivity index (χ0v) is 22.9. The average molecular weight is 509 g/mol. The predicted octanol–water partition coefficient (Wildman–Crippen LogP) is 6.63. The van der Waals surface area contributed by atoms with E-state index in [-0.39, 0.29) is 11.9 Å². The fourth-order valence-electron chi connectivity index (χ4n) is 9.34. The first-order chi connectivity index (χ1) is 18.0. The van der Waals surface area contributed by atoms with E-state index < -0.39 is 17.1 Å². The van der Waals surface area contributed by atoms with Crippen LogP contribution in [0.5, 0.6) is 11.5 Å². The average Bonchev–Trinajstić information content (AvgIpc) is 3.46. The minimum Gasteiger partial charge on any atom is -0.493 e. The number of hydrogen-bond acceptors (Lipinski definition) is 5. The molecule has 0 saturated heterocycles. The summed E-state index contributed by atoms with van der Waals surface area (Å²) in [7, 11) is 1.67. The minimum atomic E-state index is -0.874. The molecule has 0 aromatic heterocycles.